The highest BCUT2D eigenvalue weighted by atomic mass is 16.5. The van der Waals surface area contributed by atoms with Crippen molar-refractivity contribution in [2.45, 2.75) is 45.1 Å². The van der Waals surface area contributed by atoms with Crippen LogP contribution in [0.5, 0.6) is 0 Å². The van der Waals surface area contributed by atoms with E-state index in [2.05, 4.69) is 15.1 Å². The molecule has 0 bridgehead atoms. The van der Waals surface area contributed by atoms with Crippen LogP contribution >= 0.6 is 0 Å². The third kappa shape index (κ3) is 6.55. The van der Waals surface area contributed by atoms with Crippen molar-refractivity contribution in [3.8, 4) is 0 Å². The topological polar surface area (TPSA) is 65.1 Å². The minimum atomic E-state index is -0.0629. The summed E-state index contributed by atoms with van der Waals surface area (Å²) in [5.74, 6) is 0.717. The van der Waals surface area contributed by atoms with Gasteiger partial charge in [0.15, 0.2) is 0 Å². The first-order chi connectivity index (χ1) is 16.1. The van der Waals surface area contributed by atoms with Gasteiger partial charge >= 0.3 is 0 Å². The summed E-state index contributed by atoms with van der Waals surface area (Å²) in [5, 5.41) is 3.24. The molecular formula is C26H40N4O3. The number of nitrogens with zero attached hydrogens (tertiary/aromatic N) is 3. The van der Waals surface area contributed by atoms with Gasteiger partial charge in [0.25, 0.3) is 5.91 Å². The summed E-state index contributed by atoms with van der Waals surface area (Å²) in [5.41, 5.74) is 1.86. The quantitative estimate of drug-likeness (QED) is 0.608. The zero-order chi connectivity index (χ0) is 23.0. The van der Waals surface area contributed by atoms with E-state index in [-0.39, 0.29) is 17.9 Å². The Kier molecular flexibility index (Phi) is 8.75. The van der Waals surface area contributed by atoms with E-state index in [0.717, 1.165) is 82.9 Å². The van der Waals surface area contributed by atoms with Crippen LogP contribution in [0.15, 0.2) is 24.3 Å². The molecule has 2 aliphatic heterocycles. The molecular weight excluding hydrogens is 416 g/mol. The number of rotatable bonds is 8. The fraction of sp³-hybridized carbons (Fsp3) is 0.692. The Morgan fingerprint density at radius 3 is 2.48 bits per heavy atom. The predicted octanol–water partition coefficient (Wildman–Crippen LogP) is 2.15. The molecule has 1 saturated carbocycles. The van der Waals surface area contributed by atoms with E-state index in [0.29, 0.717) is 19.0 Å². The van der Waals surface area contributed by atoms with E-state index in [1.807, 2.05) is 36.1 Å². The minimum Gasteiger partial charge on any atom is -0.379 e. The number of nitrogens with one attached hydrogen (secondary N) is 1. The largest absolute Gasteiger partial charge is 0.379 e. The molecule has 7 nitrogen and oxygen atoms in total. The lowest BCUT2D eigenvalue weighted by atomic mass is 9.95. The maximum Gasteiger partial charge on any atom is 0.253 e. The summed E-state index contributed by atoms with van der Waals surface area (Å²) in [6, 6.07) is 7.75. The first-order valence-corrected chi connectivity index (χ1v) is 12.8. The number of hydrogen-bond donors (Lipinski definition) is 1. The van der Waals surface area contributed by atoms with Crippen molar-refractivity contribution < 1.29 is 14.3 Å². The molecule has 2 saturated heterocycles. The van der Waals surface area contributed by atoms with Crippen molar-refractivity contribution in [1.29, 1.82) is 0 Å². The van der Waals surface area contributed by atoms with Gasteiger partial charge in [0.1, 0.15) is 0 Å². The summed E-state index contributed by atoms with van der Waals surface area (Å²) in [7, 11) is 0. The molecule has 3 fully saturated rings. The van der Waals surface area contributed by atoms with Crippen molar-refractivity contribution >= 4 is 11.8 Å². The average Bonchev–Trinajstić information content (AvgIpc) is 3.37. The lowest BCUT2D eigenvalue weighted by molar-refractivity contribution is -0.129. The molecule has 33 heavy (non-hydrogen) atoms. The lowest BCUT2D eigenvalue weighted by Gasteiger charge is -2.40. The molecule has 1 aromatic carbocycles. The molecule has 2 amide bonds. The van der Waals surface area contributed by atoms with Crippen molar-refractivity contribution in [1.82, 2.24) is 20.0 Å². The molecule has 1 atom stereocenters. The Morgan fingerprint density at radius 2 is 1.79 bits per heavy atom. The Labute approximate surface area is 198 Å². The van der Waals surface area contributed by atoms with E-state index in [4.69, 9.17) is 4.74 Å². The average molecular weight is 457 g/mol. The number of morpholine rings is 1. The Hall–Kier alpha value is -1.96. The van der Waals surface area contributed by atoms with Crippen LogP contribution in [0.4, 0.5) is 0 Å². The number of amides is 2. The second-order valence-electron chi connectivity index (χ2n) is 9.79. The Balaban J connectivity index is 1.28. The molecule has 1 aromatic rings. The van der Waals surface area contributed by atoms with Crippen molar-refractivity contribution in [2.24, 2.45) is 5.92 Å². The first kappa shape index (κ1) is 24.2. The molecule has 0 aromatic heterocycles. The molecule has 1 aliphatic carbocycles. The van der Waals surface area contributed by atoms with Crippen LogP contribution in [0.1, 0.15) is 48.0 Å². The maximum atomic E-state index is 13.3. The fourth-order valence-electron chi connectivity index (χ4n) is 5.56. The molecule has 1 unspecified atom stereocenters. The van der Waals surface area contributed by atoms with E-state index < -0.39 is 0 Å². The van der Waals surface area contributed by atoms with Gasteiger partial charge in [0.2, 0.25) is 5.91 Å². The highest BCUT2D eigenvalue weighted by Crippen LogP contribution is 2.31. The van der Waals surface area contributed by atoms with Crippen LogP contribution in [0.25, 0.3) is 0 Å². The smallest absolute Gasteiger partial charge is 0.253 e. The van der Waals surface area contributed by atoms with Crippen molar-refractivity contribution in [3.05, 3.63) is 35.4 Å². The number of carbonyl (C=O) groups is 2. The van der Waals surface area contributed by atoms with Gasteiger partial charge in [-0.05, 0) is 50.8 Å². The van der Waals surface area contributed by atoms with Gasteiger partial charge in [-0.25, -0.2) is 0 Å². The summed E-state index contributed by atoms with van der Waals surface area (Å²) >= 11 is 0. The third-order valence-electron chi connectivity index (χ3n) is 7.43. The number of piperazine rings is 1. The van der Waals surface area contributed by atoms with Crippen molar-refractivity contribution in [2.75, 3.05) is 65.6 Å². The summed E-state index contributed by atoms with van der Waals surface area (Å²) < 4.78 is 5.41. The zero-order valence-corrected chi connectivity index (χ0v) is 20.1. The molecule has 182 valence electrons. The van der Waals surface area contributed by atoms with Crippen LogP contribution in [-0.2, 0) is 9.53 Å². The molecule has 2 heterocycles. The van der Waals surface area contributed by atoms with Gasteiger partial charge < -0.3 is 15.0 Å². The minimum absolute atomic E-state index is 0.0629. The summed E-state index contributed by atoms with van der Waals surface area (Å²) in [6.07, 6.45) is 5.68. The Bertz CT molecular complexity index is 781. The normalized spacial score (nSPS) is 21.8. The van der Waals surface area contributed by atoms with Crippen LogP contribution < -0.4 is 5.32 Å². The maximum absolute atomic E-state index is 13.3. The fourth-order valence-corrected chi connectivity index (χ4v) is 5.56. The summed E-state index contributed by atoms with van der Waals surface area (Å²) in [4.78, 5) is 32.9. The van der Waals surface area contributed by atoms with Crippen LogP contribution in [0, 0.1) is 12.8 Å². The summed E-state index contributed by atoms with van der Waals surface area (Å²) in [6.45, 7) is 10.3. The monoisotopic (exact) mass is 456 g/mol. The first-order valence-electron chi connectivity index (χ1n) is 12.8. The molecule has 3 aliphatic rings. The van der Waals surface area contributed by atoms with Gasteiger partial charge in [-0.2, -0.15) is 0 Å². The van der Waals surface area contributed by atoms with Crippen LogP contribution in [0.3, 0.4) is 0 Å². The second-order valence-corrected chi connectivity index (χ2v) is 9.79. The van der Waals surface area contributed by atoms with Gasteiger partial charge in [-0.15, -0.1) is 0 Å². The Morgan fingerprint density at radius 1 is 1.06 bits per heavy atom. The molecule has 4 rings (SSSR count). The number of carbonyl (C=O) groups excluding carboxylic acids is 2. The number of hydrogen-bond acceptors (Lipinski definition) is 5. The van der Waals surface area contributed by atoms with E-state index >= 15 is 0 Å². The second kappa shape index (κ2) is 12.0. The molecule has 7 heteroatoms. The van der Waals surface area contributed by atoms with Gasteiger partial charge in [-0.3, -0.25) is 19.4 Å². The lowest BCUT2D eigenvalue weighted by Crippen LogP contribution is -2.58. The zero-order valence-electron chi connectivity index (χ0n) is 20.1. The van der Waals surface area contributed by atoms with Crippen molar-refractivity contribution in [3.63, 3.8) is 0 Å². The van der Waals surface area contributed by atoms with E-state index in [1.54, 1.807) is 0 Å². The highest BCUT2D eigenvalue weighted by Gasteiger charge is 2.37. The third-order valence-corrected chi connectivity index (χ3v) is 7.43. The number of ether oxygens (including phenoxy) is 1. The highest BCUT2D eigenvalue weighted by molar-refractivity contribution is 5.94. The van der Waals surface area contributed by atoms with E-state index in [9.17, 15) is 9.59 Å². The van der Waals surface area contributed by atoms with Crippen LogP contribution in [-0.4, -0.2) is 98.1 Å². The molecule has 1 N–H and O–H groups in total. The molecule has 0 radical (unpaired) electrons. The number of benzene rings is 1. The SMILES string of the molecule is Cc1cccc(C(=O)N2CCN(C(C(=O)NCCCN3CCOCC3)C3CCCC3)CC2)c1. The van der Waals surface area contributed by atoms with Gasteiger partial charge in [0.05, 0.1) is 19.3 Å². The van der Waals surface area contributed by atoms with Crippen LogP contribution in [0.2, 0.25) is 0 Å². The standard InChI is InChI=1S/C26H40N4O3/c1-21-6-4-9-23(20-21)26(32)30-14-12-29(13-15-30)24(22-7-2-3-8-22)25(31)27-10-5-11-28-16-18-33-19-17-28/h4,6,9,20,22,24H,2-3,5,7-8,10-19H2,1H3,(H,27,31). The predicted molar refractivity (Wildman–Crippen MR) is 129 cm³/mol. The van der Waals surface area contributed by atoms with Gasteiger partial charge in [-0.1, -0.05) is 30.5 Å². The molecule has 0 spiro atoms. The number of aryl methyl sites for hydroxylation is 1. The van der Waals surface area contributed by atoms with Gasteiger partial charge in [0, 0.05) is 51.4 Å². The van der Waals surface area contributed by atoms with E-state index in [1.165, 1.54) is 12.8 Å².